The summed E-state index contributed by atoms with van der Waals surface area (Å²) in [6.07, 6.45) is 2.10. The van der Waals surface area contributed by atoms with Crippen LogP contribution in [0.4, 0.5) is 0 Å². The predicted molar refractivity (Wildman–Crippen MR) is 89.0 cm³/mol. The number of aliphatic hydroxyl groups is 1. The van der Waals surface area contributed by atoms with Crippen LogP contribution < -0.4 is 0 Å². The molecule has 3 rings (SSSR count). The first-order valence-corrected chi connectivity index (χ1v) is 8.39. The Bertz CT molecular complexity index is 685. The summed E-state index contributed by atoms with van der Waals surface area (Å²) in [6.45, 7) is 4.27. The van der Waals surface area contributed by atoms with Crippen molar-refractivity contribution in [3.05, 3.63) is 30.3 Å². The van der Waals surface area contributed by atoms with Crippen molar-refractivity contribution < 1.29 is 9.90 Å². The van der Waals surface area contributed by atoms with Gasteiger partial charge in [-0.2, -0.15) is 4.80 Å². The van der Waals surface area contributed by atoms with E-state index in [-0.39, 0.29) is 11.9 Å². The molecular weight excluding hydrogens is 306 g/mol. The number of aromatic nitrogens is 4. The van der Waals surface area contributed by atoms with E-state index in [2.05, 4.69) is 15.4 Å². The largest absolute Gasteiger partial charge is 0.393 e. The Morgan fingerprint density at radius 1 is 1.33 bits per heavy atom. The number of aliphatic hydroxyl groups excluding tert-OH is 1. The number of amides is 1. The van der Waals surface area contributed by atoms with Gasteiger partial charge in [0.2, 0.25) is 11.7 Å². The maximum atomic E-state index is 12.8. The molecule has 1 aliphatic heterocycles. The van der Waals surface area contributed by atoms with Gasteiger partial charge < -0.3 is 10.0 Å². The van der Waals surface area contributed by atoms with Crippen LogP contribution in [-0.4, -0.2) is 54.8 Å². The van der Waals surface area contributed by atoms with Crippen LogP contribution in [0.5, 0.6) is 0 Å². The minimum atomic E-state index is -0.510. The third-order valence-electron chi connectivity index (χ3n) is 4.44. The lowest BCUT2D eigenvalue weighted by atomic mass is 10.1. The lowest BCUT2D eigenvalue weighted by molar-refractivity contribution is -0.136. The Labute approximate surface area is 141 Å². The van der Waals surface area contributed by atoms with Crippen molar-refractivity contribution in [2.45, 2.75) is 51.3 Å². The SMILES string of the molecule is CC(O)CC1CCCN1C(=O)C(C)n1nnc(-c2ccccc2)n1. The van der Waals surface area contributed by atoms with Crippen LogP contribution in [-0.2, 0) is 4.79 Å². The van der Waals surface area contributed by atoms with Crippen molar-refractivity contribution in [3.8, 4) is 11.4 Å². The molecule has 0 aliphatic carbocycles. The number of carbonyl (C=O) groups is 1. The Morgan fingerprint density at radius 2 is 2.08 bits per heavy atom. The standard InChI is InChI=1S/C17H23N5O2/c1-12(23)11-15-9-6-10-21(15)17(24)13(2)22-19-16(18-20-22)14-7-4-3-5-8-14/h3-5,7-8,12-13,15,23H,6,9-11H2,1-2H3. The van der Waals surface area contributed by atoms with Gasteiger partial charge in [-0.15, -0.1) is 10.2 Å². The third kappa shape index (κ3) is 3.46. The van der Waals surface area contributed by atoms with Crippen molar-refractivity contribution in [2.75, 3.05) is 6.54 Å². The molecule has 0 radical (unpaired) electrons. The first-order valence-electron chi connectivity index (χ1n) is 8.39. The van der Waals surface area contributed by atoms with Gasteiger partial charge in [-0.25, -0.2) is 0 Å². The summed E-state index contributed by atoms with van der Waals surface area (Å²) in [4.78, 5) is 16.0. The Hall–Kier alpha value is -2.28. The highest BCUT2D eigenvalue weighted by Crippen LogP contribution is 2.24. The van der Waals surface area contributed by atoms with E-state index in [0.29, 0.717) is 12.2 Å². The van der Waals surface area contributed by atoms with Crippen molar-refractivity contribution in [3.63, 3.8) is 0 Å². The Kier molecular flexibility index (Phi) is 4.89. The van der Waals surface area contributed by atoms with Gasteiger partial charge in [0.1, 0.15) is 6.04 Å². The van der Waals surface area contributed by atoms with Gasteiger partial charge in [0.25, 0.3) is 0 Å². The molecule has 1 amide bonds. The molecule has 128 valence electrons. The van der Waals surface area contributed by atoms with Gasteiger partial charge in [0.05, 0.1) is 6.10 Å². The normalized spacial score (nSPS) is 20.1. The van der Waals surface area contributed by atoms with Crippen molar-refractivity contribution >= 4 is 5.91 Å². The highest BCUT2D eigenvalue weighted by atomic mass is 16.3. The van der Waals surface area contributed by atoms with Gasteiger partial charge in [0.15, 0.2) is 0 Å². The molecule has 1 saturated heterocycles. The van der Waals surface area contributed by atoms with E-state index in [0.717, 1.165) is 24.9 Å². The average molecular weight is 329 g/mol. The fourth-order valence-electron chi connectivity index (χ4n) is 3.20. The minimum absolute atomic E-state index is 0.0184. The van der Waals surface area contributed by atoms with Crippen molar-refractivity contribution in [2.24, 2.45) is 0 Å². The van der Waals surface area contributed by atoms with E-state index < -0.39 is 12.1 Å². The van der Waals surface area contributed by atoms with Crippen LogP contribution in [0.15, 0.2) is 30.3 Å². The van der Waals surface area contributed by atoms with Crippen molar-refractivity contribution in [1.29, 1.82) is 0 Å². The second-order valence-corrected chi connectivity index (χ2v) is 6.39. The molecule has 1 N–H and O–H groups in total. The Balaban J connectivity index is 1.73. The van der Waals surface area contributed by atoms with Crippen LogP contribution in [0.3, 0.4) is 0 Å². The zero-order chi connectivity index (χ0) is 17.1. The number of likely N-dealkylation sites (tertiary alicyclic amines) is 1. The molecule has 7 nitrogen and oxygen atoms in total. The Morgan fingerprint density at radius 3 is 2.79 bits per heavy atom. The molecule has 1 aromatic heterocycles. The monoisotopic (exact) mass is 329 g/mol. The molecule has 2 heterocycles. The number of rotatable bonds is 5. The molecule has 0 spiro atoms. The van der Waals surface area contributed by atoms with Gasteiger partial charge in [-0.3, -0.25) is 4.79 Å². The number of benzene rings is 1. The maximum Gasteiger partial charge on any atom is 0.249 e. The second-order valence-electron chi connectivity index (χ2n) is 6.39. The zero-order valence-electron chi connectivity index (χ0n) is 14.0. The number of nitrogens with zero attached hydrogens (tertiary/aromatic N) is 5. The summed E-state index contributed by atoms with van der Waals surface area (Å²) >= 11 is 0. The summed E-state index contributed by atoms with van der Waals surface area (Å²) in [5.41, 5.74) is 0.872. The summed E-state index contributed by atoms with van der Waals surface area (Å²) in [5, 5.41) is 22.1. The first-order chi connectivity index (χ1) is 11.6. The molecule has 1 aromatic carbocycles. The molecule has 2 aromatic rings. The van der Waals surface area contributed by atoms with Gasteiger partial charge in [-0.05, 0) is 38.3 Å². The molecule has 24 heavy (non-hydrogen) atoms. The summed E-state index contributed by atoms with van der Waals surface area (Å²) in [5.74, 6) is 0.493. The second kappa shape index (κ2) is 7.09. The molecule has 7 heteroatoms. The molecule has 0 bridgehead atoms. The fraction of sp³-hybridized carbons (Fsp3) is 0.529. The van der Waals surface area contributed by atoms with Crippen LogP contribution >= 0.6 is 0 Å². The molecule has 3 unspecified atom stereocenters. The van der Waals surface area contributed by atoms with E-state index in [9.17, 15) is 9.90 Å². The minimum Gasteiger partial charge on any atom is -0.393 e. The number of hydrogen-bond acceptors (Lipinski definition) is 5. The van der Waals surface area contributed by atoms with E-state index in [4.69, 9.17) is 0 Å². The van der Waals surface area contributed by atoms with E-state index in [1.807, 2.05) is 35.2 Å². The molecule has 0 saturated carbocycles. The summed E-state index contributed by atoms with van der Waals surface area (Å²) in [6, 6.07) is 9.15. The van der Waals surface area contributed by atoms with Gasteiger partial charge in [-0.1, -0.05) is 30.3 Å². The number of hydrogen-bond donors (Lipinski definition) is 1. The van der Waals surface area contributed by atoms with Crippen LogP contribution in [0.2, 0.25) is 0 Å². The first kappa shape index (κ1) is 16.6. The van der Waals surface area contributed by atoms with Crippen LogP contribution in [0, 0.1) is 0 Å². The molecular formula is C17H23N5O2. The van der Waals surface area contributed by atoms with Crippen molar-refractivity contribution in [1.82, 2.24) is 25.1 Å². The highest BCUT2D eigenvalue weighted by molar-refractivity contribution is 5.80. The van der Waals surface area contributed by atoms with E-state index in [1.54, 1.807) is 13.8 Å². The van der Waals surface area contributed by atoms with E-state index in [1.165, 1.54) is 4.80 Å². The van der Waals surface area contributed by atoms with E-state index >= 15 is 0 Å². The lowest BCUT2D eigenvalue weighted by Crippen LogP contribution is -2.41. The van der Waals surface area contributed by atoms with Crippen LogP contribution in [0.1, 0.15) is 39.2 Å². The predicted octanol–water partition coefficient (Wildman–Crippen LogP) is 1.66. The highest BCUT2D eigenvalue weighted by Gasteiger charge is 2.33. The summed E-state index contributed by atoms with van der Waals surface area (Å²) in [7, 11) is 0. The van der Waals surface area contributed by atoms with Gasteiger partial charge >= 0.3 is 0 Å². The molecule has 1 aliphatic rings. The third-order valence-corrected chi connectivity index (χ3v) is 4.44. The quantitative estimate of drug-likeness (QED) is 0.902. The van der Waals surface area contributed by atoms with Crippen LogP contribution in [0.25, 0.3) is 11.4 Å². The molecule has 3 atom stereocenters. The zero-order valence-corrected chi connectivity index (χ0v) is 14.0. The fourth-order valence-corrected chi connectivity index (χ4v) is 3.20. The topological polar surface area (TPSA) is 84.1 Å². The maximum absolute atomic E-state index is 12.8. The lowest BCUT2D eigenvalue weighted by Gasteiger charge is -2.27. The number of carbonyl (C=O) groups excluding carboxylic acids is 1. The molecule has 1 fully saturated rings. The number of tetrazole rings is 1. The van der Waals surface area contributed by atoms with Gasteiger partial charge in [0, 0.05) is 18.2 Å². The summed E-state index contributed by atoms with van der Waals surface area (Å²) < 4.78 is 0. The average Bonchev–Trinajstić information content (AvgIpc) is 3.23. The smallest absolute Gasteiger partial charge is 0.249 e.